The first kappa shape index (κ1) is 26.7. The number of fused-ring (bicyclic) bond motifs is 1. The van der Waals surface area contributed by atoms with Gasteiger partial charge in [0.25, 0.3) is 0 Å². The van der Waals surface area contributed by atoms with Crippen LogP contribution in [0.1, 0.15) is 21.6 Å². The number of alkyl halides is 2. The van der Waals surface area contributed by atoms with E-state index in [1.54, 1.807) is 37.3 Å². The number of carbonyl (C=O) groups is 2. The molecule has 0 saturated carbocycles. The van der Waals surface area contributed by atoms with Gasteiger partial charge in [-0.25, -0.2) is 13.9 Å². The Morgan fingerprint density at radius 3 is 2.62 bits per heavy atom. The number of carbonyl (C=O) groups excluding carboxylic acids is 2. The molecule has 0 spiro atoms. The van der Waals surface area contributed by atoms with Crippen molar-refractivity contribution in [1.82, 2.24) is 14.8 Å². The summed E-state index contributed by atoms with van der Waals surface area (Å²) in [6.45, 7) is -1.09. The summed E-state index contributed by atoms with van der Waals surface area (Å²) in [6, 6.07) is 15.3. The van der Waals surface area contributed by atoms with Crippen LogP contribution in [0.3, 0.4) is 0 Å². The van der Waals surface area contributed by atoms with Crippen molar-refractivity contribution in [3.05, 3.63) is 89.5 Å². The van der Waals surface area contributed by atoms with Crippen molar-refractivity contribution in [1.29, 1.82) is 0 Å². The summed E-state index contributed by atoms with van der Waals surface area (Å²) in [7, 11) is 0. The first-order chi connectivity index (χ1) is 20.2. The zero-order valence-electron chi connectivity index (χ0n) is 21.9. The summed E-state index contributed by atoms with van der Waals surface area (Å²) < 4.78 is 56.9. The predicted octanol–water partition coefficient (Wildman–Crippen LogP) is 5.96. The van der Waals surface area contributed by atoms with Crippen LogP contribution >= 0.6 is 0 Å². The lowest BCUT2D eigenvalue weighted by Gasteiger charge is -2.17. The number of H-pyrrole nitrogens is 1. The van der Waals surface area contributed by atoms with Gasteiger partial charge in [0, 0.05) is 10.9 Å². The number of nitrogens with zero attached hydrogens (tertiary/aromatic N) is 3. The van der Waals surface area contributed by atoms with Gasteiger partial charge in [-0.2, -0.15) is 13.9 Å². The smallest absolute Gasteiger partial charge is 0.414 e. The fourth-order valence-electron chi connectivity index (χ4n) is 4.74. The molecule has 1 fully saturated rings. The number of ketones is 1. The van der Waals surface area contributed by atoms with E-state index in [2.05, 4.69) is 14.8 Å². The first-order valence-corrected chi connectivity index (χ1v) is 12.7. The molecule has 1 aliphatic rings. The van der Waals surface area contributed by atoms with Crippen molar-refractivity contribution in [3.63, 3.8) is 0 Å². The van der Waals surface area contributed by atoms with Gasteiger partial charge in [0.05, 0.1) is 35.4 Å². The summed E-state index contributed by atoms with van der Waals surface area (Å²) in [5, 5.41) is 4.69. The van der Waals surface area contributed by atoms with E-state index in [0.717, 1.165) is 0 Å². The van der Waals surface area contributed by atoms with E-state index in [1.165, 1.54) is 46.1 Å². The third kappa shape index (κ3) is 4.85. The van der Waals surface area contributed by atoms with Crippen LogP contribution in [0.4, 0.5) is 29.5 Å². The topological polar surface area (TPSA) is 125 Å². The average molecular weight is 578 g/mol. The summed E-state index contributed by atoms with van der Waals surface area (Å²) in [5.41, 5.74) is 8.31. The zero-order valence-corrected chi connectivity index (χ0v) is 21.9. The molecule has 1 saturated heterocycles. The minimum absolute atomic E-state index is 0.0618. The molecule has 0 atom stereocenters. The molecule has 13 heteroatoms. The number of hydrogen-bond donors (Lipinski definition) is 2. The van der Waals surface area contributed by atoms with Gasteiger partial charge in [-0.3, -0.25) is 9.69 Å². The summed E-state index contributed by atoms with van der Waals surface area (Å²) >= 11 is 0. The first-order valence-electron chi connectivity index (χ1n) is 12.7. The molecule has 214 valence electrons. The average Bonchev–Trinajstić information content (AvgIpc) is 3.67. The Morgan fingerprint density at radius 1 is 1.10 bits per heavy atom. The summed E-state index contributed by atoms with van der Waals surface area (Å²) in [4.78, 5) is 29.7. The molecule has 0 bridgehead atoms. The summed E-state index contributed by atoms with van der Waals surface area (Å²) in [5.74, 6) is -0.687. The maximum Gasteiger partial charge on any atom is 0.414 e. The fraction of sp³-hybridized carbons (Fsp3) is 0.138. The van der Waals surface area contributed by atoms with Crippen molar-refractivity contribution in [2.45, 2.75) is 13.5 Å². The monoisotopic (exact) mass is 577 g/mol. The molecule has 2 aromatic heterocycles. The quantitative estimate of drug-likeness (QED) is 0.218. The molecule has 3 N–H and O–H groups in total. The number of hydrogen-bond acceptors (Lipinski definition) is 7. The van der Waals surface area contributed by atoms with E-state index >= 15 is 0 Å². The maximum absolute atomic E-state index is 14.0. The second kappa shape index (κ2) is 10.5. The molecule has 1 amide bonds. The maximum atomic E-state index is 14.0. The molecular formula is C29H22F3N5O5. The highest BCUT2D eigenvalue weighted by Crippen LogP contribution is 2.37. The number of rotatable bonds is 8. The largest absolute Gasteiger partial charge is 0.454 e. The summed E-state index contributed by atoms with van der Waals surface area (Å²) in [6.07, 6.45) is 0.627. The number of nitrogens with one attached hydrogen (secondary N) is 1. The van der Waals surface area contributed by atoms with Crippen molar-refractivity contribution in [2.75, 3.05) is 23.8 Å². The second-order valence-electron chi connectivity index (χ2n) is 9.40. The number of cyclic esters (lactones) is 1. The minimum Gasteiger partial charge on any atom is -0.454 e. The van der Waals surface area contributed by atoms with Crippen molar-refractivity contribution >= 4 is 34.3 Å². The van der Waals surface area contributed by atoms with Gasteiger partial charge in [0.2, 0.25) is 5.78 Å². The highest BCUT2D eigenvalue weighted by atomic mass is 19.3. The Kier molecular flexibility index (Phi) is 6.69. The number of ether oxygens (including phenoxy) is 3. The van der Waals surface area contributed by atoms with Gasteiger partial charge < -0.3 is 24.9 Å². The zero-order chi connectivity index (χ0) is 29.5. The number of para-hydroxylation sites is 1. The number of aromatic amines is 1. The number of benzene rings is 3. The van der Waals surface area contributed by atoms with E-state index in [0.29, 0.717) is 27.9 Å². The lowest BCUT2D eigenvalue weighted by Crippen LogP contribution is -2.24. The van der Waals surface area contributed by atoms with Crippen molar-refractivity contribution in [2.24, 2.45) is 0 Å². The molecule has 0 radical (unpaired) electrons. The number of nitrogens with two attached hydrogens (primary N) is 1. The van der Waals surface area contributed by atoms with E-state index < -0.39 is 24.3 Å². The van der Waals surface area contributed by atoms with Crippen LogP contribution in [-0.2, 0) is 4.74 Å². The Morgan fingerprint density at radius 2 is 1.90 bits per heavy atom. The fourth-order valence-corrected chi connectivity index (χ4v) is 4.74. The van der Waals surface area contributed by atoms with Crippen LogP contribution in [0.15, 0.2) is 66.9 Å². The number of halogens is 3. The van der Waals surface area contributed by atoms with Crippen LogP contribution in [0, 0.1) is 12.7 Å². The van der Waals surface area contributed by atoms with Crippen molar-refractivity contribution in [3.8, 4) is 22.9 Å². The van der Waals surface area contributed by atoms with Crippen LogP contribution in [-0.4, -0.2) is 46.4 Å². The van der Waals surface area contributed by atoms with Gasteiger partial charge in [-0.1, -0.05) is 12.1 Å². The number of aryl methyl sites for hydroxylation is 1. The normalized spacial score (nSPS) is 13.2. The SMILES string of the molecule is Cc1cc(Oc2ccccc2F)ccc1-n1ncc(C(=O)c2cc3cc(OC(F)F)c(N4CCOC4=O)cc3[nH]2)c1N. The van der Waals surface area contributed by atoms with Crippen molar-refractivity contribution < 1.29 is 37.0 Å². The van der Waals surface area contributed by atoms with Crippen LogP contribution in [0.25, 0.3) is 16.6 Å². The minimum atomic E-state index is -3.13. The standard InChI is InChI=1S/C29H22F3N5O5/c1-15-10-17(41-24-5-3-2-4-19(24)30)6-7-22(15)37-27(33)18(14-34-37)26(38)21-11-16-12-25(42-28(31)32)23(13-20(16)35-21)36-8-9-40-29(36)39/h2-7,10-14,28,35H,8-9,33H2,1H3. The predicted molar refractivity (Wildman–Crippen MR) is 146 cm³/mol. The lowest BCUT2D eigenvalue weighted by atomic mass is 10.1. The van der Waals surface area contributed by atoms with Gasteiger partial charge in [0.15, 0.2) is 17.3 Å². The third-order valence-corrected chi connectivity index (χ3v) is 6.72. The highest BCUT2D eigenvalue weighted by Gasteiger charge is 2.29. The molecule has 42 heavy (non-hydrogen) atoms. The molecule has 3 aromatic carbocycles. The van der Waals surface area contributed by atoms with E-state index in [4.69, 9.17) is 15.2 Å². The molecule has 3 heterocycles. The molecule has 1 aliphatic heterocycles. The van der Waals surface area contributed by atoms with Gasteiger partial charge in [0.1, 0.15) is 18.2 Å². The molecule has 5 aromatic rings. The lowest BCUT2D eigenvalue weighted by molar-refractivity contribution is -0.0494. The number of aromatic nitrogens is 3. The Labute approximate surface area is 236 Å². The van der Waals surface area contributed by atoms with Crippen LogP contribution in [0.5, 0.6) is 17.2 Å². The number of nitrogen functional groups attached to an aromatic ring is 1. The third-order valence-electron chi connectivity index (χ3n) is 6.72. The van der Waals surface area contributed by atoms with Gasteiger partial charge in [-0.05, 0) is 61.0 Å². The van der Waals surface area contributed by atoms with E-state index in [9.17, 15) is 22.8 Å². The molecular weight excluding hydrogens is 555 g/mol. The molecule has 10 nitrogen and oxygen atoms in total. The van der Waals surface area contributed by atoms with Crippen LogP contribution in [0.2, 0.25) is 0 Å². The van der Waals surface area contributed by atoms with E-state index in [-0.39, 0.29) is 47.4 Å². The second-order valence-corrected chi connectivity index (χ2v) is 9.40. The number of amides is 1. The van der Waals surface area contributed by atoms with Gasteiger partial charge in [-0.15, -0.1) is 0 Å². The Hall–Kier alpha value is -5.46. The Balaban J connectivity index is 1.30. The molecule has 0 aliphatic carbocycles. The number of anilines is 2. The van der Waals surface area contributed by atoms with Gasteiger partial charge >= 0.3 is 12.7 Å². The van der Waals surface area contributed by atoms with Crippen LogP contribution < -0.4 is 20.1 Å². The molecule has 6 rings (SSSR count). The molecule has 0 unspecified atom stereocenters. The Bertz CT molecular complexity index is 1850. The highest BCUT2D eigenvalue weighted by molar-refractivity contribution is 6.13. The van der Waals surface area contributed by atoms with E-state index in [1.807, 2.05) is 0 Å².